The predicted octanol–water partition coefficient (Wildman–Crippen LogP) is 1.77. The Morgan fingerprint density at radius 1 is 1.09 bits per heavy atom. The van der Waals surface area contributed by atoms with Gasteiger partial charge in [0.2, 0.25) is 0 Å². The molecule has 0 saturated heterocycles. The van der Waals surface area contributed by atoms with E-state index in [1.54, 1.807) is 6.07 Å². The van der Waals surface area contributed by atoms with Crippen LogP contribution in [-0.2, 0) is 17.6 Å². The number of carboxylic acid groups (broad SMARTS) is 1. The normalized spacial score (nSPS) is 19.7. The van der Waals surface area contributed by atoms with E-state index in [9.17, 15) is 19.5 Å². The molecule has 1 heterocycles. The van der Waals surface area contributed by atoms with Crippen molar-refractivity contribution in [2.45, 2.75) is 63.3 Å². The third-order valence-electron chi connectivity index (χ3n) is 5.05. The van der Waals surface area contributed by atoms with Gasteiger partial charge in [0, 0.05) is 5.69 Å². The van der Waals surface area contributed by atoms with Gasteiger partial charge in [0.25, 0.3) is 11.5 Å². The van der Waals surface area contributed by atoms with Crippen LogP contribution in [0.25, 0.3) is 0 Å². The lowest BCUT2D eigenvalue weighted by Crippen LogP contribution is -2.55. The maximum atomic E-state index is 12.6. The van der Waals surface area contributed by atoms with Crippen molar-refractivity contribution in [1.82, 2.24) is 10.3 Å². The van der Waals surface area contributed by atoms with Crippen molar-refractivity contribution < 1.29 is 14.7 Å². The largest absolute Gasteiger partial charge is 0.480 e. The average molecular weight is 318 g/mol. The molecule has 124 valence electrons. The van der Waals surface area contributed by atoms with Gasteiger partial charge in [0.15, 0.2) is 0 Å². The van der Waals surface area contributed by atoms with Gasteiger partial charge in [0.05, 0.1) is 0 Å². The van der Waals surface area contributed by atoms with E-state index in [2.05, 4.69) is 10.3 Å². The molecule has 3 rings (SSSR count). The molecule has 1 aromatic heterocycles. The molecule has 1 aromatic rings. The topological polar surface area (TPSA) is 99.3 Å². The number of fused-ring (bicyclic) bond motifs is 1. The Kier molecular flexibility index (Phi) is 4.24. The van der Waals surface area contributed by atoms with Gasteiger partial charge in [-0.15, -0.1) is 0 Å². The summed E-state index contributed by atoms with van der Waals surface area (Å²) in [5.41, 5.74) is 0.223. The Hall–Kier alpha value is -2.11. The Morgan fingerprint density at radius 2 is 1.78 bits per heavy atom. The second-order valence-electron chi connectivity index (χ2n) is 6.63. The van der Waals surface area contributed by atoms with Crippen LogP contribution in [0.5, 0.6) is 0 Å². The van der Waals surface area contributed by atoms with Crippen molar-refractivity contribution in [1.29, 1.82) is 0 Å². The standard InChI is InChI=1S/C17H22N2O4/c20-14-12(10-11-6-5-7-13(11)18-14)15(21)19-17(16(22)23)8-3-1-2-4-9-17/h10H,1-9H2,(H,18,20)(H,19,21)(H,22,23). The lowest BCUT2D eigenvalue weighted by Gasteiger charge is -2.29. The van der Waals surface area contributed by atoms with Crippen LogP contribution < -0.4 is 10.9 Å². The quantitative estimate of drug-likeness (QED) is 0.740. The summed E-state index contributed by atoms with van der Waals surface area (Å²) in [5.74, 6) is -1.59. The first-order chi connectivity index (χ1) is 11.0. The number of aliphatic carboxylic acids is 1. The number of carbonyl (C=O) groups is 2. The molecule has 0 bridgehead atoms. The second-order valence-corrected chi connectivity index (χ2v) is 6.63. The van der Waals surface area contributed by atoms with E-state index in [1.807, 2.05) is 0 Å². The minimum Gasteiger partial charge on any atom is -0.480 e. The van der Waals surface area contributed by atoms with Crippen LogP contribution in [0.1, 0.15) is 66.6 Å². The first-order valence-electron chi connectivity index (χ1n) is 8.33. The van der Waals surface area contributed by atoms with Gasteiger partial charge in [-0.05, 0) is 43.7 Å². The smallest absolute Gasteiger partial charge is 0.329 e. The van der Waals surface area contributed by atoms with Gasteiger partial charge >= 0.3 is 5.97 Å². The molecule has 2 aliphatic rings. The van der Waals surface area contributed by atoms with E-state index >= 15 is 0 Å². The van der Waals surface area contributed by atoms with Gasteiger partial charge in [0.1, 0.15) is 11.1 Å². The molecule has 6 heteroatoms. The zero-order valence-electron chi connectivity index (χ0n) is 13.1. The van der Waals surface area contributed by atoms with Crippen LogP contribution in [0.2, 0.25) is 0 Å². The fraction of sp³-hybridized carbons (Fsp3) is 0.588. The van der Waals surface area contributed by atoms with Gasteiger partial charge < -0.3 is 15.4 Å². The molecule has 1 saturated carbocycles. The monoisotopic (exact) mass is 318 g/mol. The SMILES string of the molecule is O=C(NC1(C(=O)O)CCCCCC1)c1cc2c([nH]c1=O)CCC2. The maximum Gasteiger partial charge on any atom is 0.329 e. The molecule has 23 heavy (non-hydrogen) atoms. The first kappa shape index (κ1) is 15.8. The number of carbonyl (C=O) groups excluding carboxylic acids is 1. The highest BCUT2D eigenvalue weighted by Gasteiger charge is 2.40. The van der Waals surface area contributed by atoms with Crippen LogP contribution in [0.15, 0.2) is 10.9 Å². The second kappa shape index (κ2) is 6.18. The van der Waals surface area contributed by atoms with E-state index in [0.29, 0.717) is 12.8 Å². The van der Waals surface area contributed by atoms with Crippen LogP contribution in [0, 0.1) is 0 Å². The van der Waals surface area contributed by atoms with Gasteiger partial charge in [-0.1, -0.05) is 25.7 Å². The van der Waals surface area contributed by atoms with E-state index in [4.69, 9.17) is 0 Å². The molecule has 0 atom stereocenters. The van der Waals surface area contributed by atoms with Crippen LogP contribution in [-0.4, -0.2) is 27.5 Å². The molecule has 1 fully saturated rings. The summed E-state index contributed by atoms with van der Waals surface area (Å²) in [6, 6.07) is 1.63. The van der Waals surface area contributed by atoms with Gasteiger partial charge in [-0.2, -0.15) is 0 Å². The Labute approximate surface area is 134 Å². The van der Waals surface area contributed by atoms with Crippen molar-refractivity contribution in [3.63, 3.8) is 0 Å². The number of H-pyrrole nitrogens is 1. The summed E-state index contributed by atoms with van der Waals surface area (Å²) >= 11 is 0. The molecular formula is C17H22N2O4. The number of pyridine rings is 1. The van der Waals surface area contributed by atoms with E-state index < -0.39 is 23.0 Å². The maximum absolute atomic E-state index is 12.6. The highest BCUT2D eigenvalue weighted by Crippen LogP contribution is 2.28. The molecule has 0 unspecified atom stereocenters. The Balaban J connectivity index is 1.88. The molecule has 6 nitrogen and oxygen atoms in total. The van der Waals surface area contributed by atoms with Crippen molar-refractivity contribution >= 4 is 11.9 Å². The summed E-state index contributed by atoms with van der Waals surface area (Å²) in [5, 5.41) is 12.3. The Bertz CT molecular complexity index is 684. The van der Waals surface area contributed by atoms with Crippen molar-refractivity contribution in [3.8, 4) is 0 Å². The number of aromatic nitrogens is 1. The Morgan fingerprint density at radius 3 is 2.43 bits per heavy atom. The number of amides is 1. The zero-order valence-corrected chi connectivity index (χ0v) is 13.1. The van der Waals surface area contributed by atoms with Gasteiger partial charge in [-0.25, -0.2) is 4.79 Å². The van der Waals surface area contributed by atoms with Crippen molar-refractivity contribution in [3.05, 3.63) is 33.2 Å². The van der Waals surface area contributed by atoms with E-state index in [0.717, 1.165) is 56.2 Å². The number of hydrogen-bond acceptors (Lipinski definition) is 3. The number of carboxylic acids is 1. The minimum absolute atomic E-state index is 0.0236. The van der Waals surface area contributed by atoms with Crippen LogP contribution in [0.3, 0.4) is 0 Å². The molecule has 1 amide bonds. The van der Waals surface area contributed by atoms with Crippen molar-refractivity contribution in [2.75, 3.05) is 0 Å². The zero-order chi connectivity index (χ0) is 16.4. The number of hydrogen-bond donors (Lipinski definition) is 3. The first-order valence-corrected chi connectivity index (χ1v) is 8.33. The third kappa shape index (κ3) is 3.02. The van der Waals surface area contributed by atoms with Crippen LogP contribution in [0.4, 0.5) is 0 Å². The highest BCUT2D eigenvalue weighted by atomic mass is 16.4. The predicted molar refractivity (Wildman–Crippen MR) is 84.6 cm³/mol. The number of rotatable bonds is 3. The summed E-state index contributed by atoms with van der Waals surface area (Å²) in [6.07, 6.45) is 6.96. The highest BCUT2D eigenvalue weighted by molar-refractivity contribution is 5.97. The molecule has 0 radical (unpaired) electrons. The van der Waals surface area contributed by atoms with Crippen LogP contribution >= 0.6 is 0 Å². The number of aryl methyl sites for hydroxylation is 2. The summed E-state index contributed by atoms with van der Waals surface area (Å²) in [7, 11) is 0. The fourth-order valence-corrected chi connectivity index (χ4v) is 3.69. The number of nitrogens with one attached hydrogen (secondary N) is 2. The average Bonchev–Trinajstić information content (AvgIpc) is 2.82. The molecular weight excluding hydrogens is 296 g/mol. The summed E-state index contributed by atoms with van der Waals surface area (Å²) in [4.78, 5) is 39.2. The molecule has 0 aliphatic heterocycles. The molecule has 0 spiro atoms. The number of aromatic amines is 1. The van der Waals surface area contributed by atoms with Crippen molar-refractivity contribution in [2.24, 2.45) is 0 Å². The molecule has 0 aromatic carbocycles. The summed E-state index contributed by atoms with van der Waals surface area (Å²) < 4.78 is 0. The molecule has 2 aliphatic carbocycles. The minimum atomic E-state index is -1.25. The third-order valence-corrected chi connectivity index (χ3v) is 5.05. The van der Waals surface area contributed by atoms with E-state index in [-0.39, 0.29) is 5.56 Å². The summed E-state index contributed by atoms with van der Waals surface area (Å²) in [6.45, 7) is 0. The van der Waals surface area contributed by atoms with E-state index in [1.165, 1.54) is 0 Å². The lowest BCUT2D eigenvalue weighted by molar-refractivity contribution is -0.145. The lowest BCUT2D eigenvalue weighted by atomic mass is 9.90. The molecule has 3 N–H and O–H groups in total. The fourth-order valence-electron chi connectivity index (χ4n) is 3.69. The van der Waals surface area contributed by atoms with Gasteiger partial charge in [-0.3, -0.25) is 9.59 Å².